The number of nitrogen functional groups attached to an aromatic ring is 1. The number of piperazine rings is 1. The lowest BCUT2D eigenvalue weighted by molar-refractivity contribution is 0.188. The monoisotopic (exact) mass is 589 g/mol. The SMILES string of the molecule is CN1C[C@H](F)C[C@H]1COc1nc(N2C3CCC2CNC3)c2cc(Cl)c(-c3ccc(F)c4sc(N)nc34)c(F)c2n1. The summed E-state index contributed by atoms with van der Waals surface area (Å²) < 4.78 is 51.3. The summed E-state index contributed by atoms with van der Waals surface area (Å²) in [6, 6.07) is 4.63. The molecule has 2 bridgehead atoms. The van der Waals surface area contributed by atoms with Gasteiger partial charge in [-0.1, -0.05) is 22.9 Å². The van der Waals surface area contributed by atoms with E-state index in [1.54, 1.807) is 6.07 Å². The summed E-state index contributed by atoms with van der Waals surface area (Å²) in [6.45, 7) is 2.09. The number of anilines is 2. The molecule has 0 aliphatic carbocycles. The fourth-order valence-electron chi connectivity index (χ4n) is 6.36. The van der Waals surface area contributed by atoms with Crippen molar-refractivity contribution >= 4 is 55.0 Å². The van der Waals surface area contributed by atoms with Gasteiger partial charge in [-0.2, -0.15) is 9.97 Å². The van der Waals surface area contributed by atoms with E-state index in [0.29, 0.717) is 29.7 Å². The highest BCUT2D eigenvalue weighted by atomic mass is 35.5. The molecule has 13 heteroatoms. The minimum Gasteiger partial charge on any atom is -0.462 e. The molecule has 0 spiro atoms. The third-order valence-electron chi connectivity index (χ3n) is 8.29. The zero-order chi connectivity index (χ0) is 27.7. The zero-order valence-electron chi connectivity index (χ0n) is 21.6. The Morgan fingerprint density at radius 2 is 1.93 bits per heavy atom. The summed E-state index contributed by atoms with van der Waals surface area (Å²) in [5.74, 6) is -0.612. The average molecular weight is 590 g/mol. The average Bonchev–Trinajstić information content (AvgIpc) is 3.55. The first-order valence-corrected chi connectivity index (χ1v) is 14.5. The summed E-state index contributed by atoms with van der Waals surface area (Å²) in [5, 5.41) is 4.22. The van der Waals surface area contributed by atoms with Gasteiger partial charge in [0.25, 0.3) is 0 Å². The third kappa shape index (κ3) is 4.23. The maximum atomic E-state index is 16.6. The summed E-state index contributed by atoms with van der Waals surface area (Å²) in [5.41, 5.74) is 6.52. The predicted octanol–water partition coefficient (Wildman–Crippen LogP) is 4.78. The molecule has 3 aliphatic rings. The molecule has 2 aromatic carbocycles. The van der Waals surface area contributed by atoms with Crippen molar-refractivity contribution in [1.82, 2.24) is 25.2 Å². The lowest BCUT2D eigenvalue weighted by Gasteiger charge is -2.37. The van der Waals surface area contributed by atoms with Crippen molar-refractivity contribution in [2.45, 2.75) is 43.6 Å². The number of rotatable bonds is 5. The van der Waals surface area contributed by atoms with Crippen molar-refractivity contribution in [3.8, 4) is 17.1 Å². The maximum Gasteiger partial charge on any atom is 0.319 e. The lowest BCUT2D eigenvalue weighted by Crippen LogP contribution is -2.52. The fourth-order valence-corrected chi connectivity index (χ4v) is 7.42. The normalized spacial score (nSPS) is 25.0. The molecule has 40 heavy (non-hydrogen) atoms. The standard InChI is InChI=1S/C27H27ClF3N7OS/c1-37-10-12(29)6-15(37)11-39-27-35-22-17(25(36-27)38-13-2-3-14(38)9-33-8-13)7-18(28)20(21(22)31)16-4-5-19(30)24-23(16)34-26(32)40-24/h4-5,7,12-15,33H,2-3,6,8-11H2,1H3,(H2,32,34)/t12-,13?,14?,15+/m1/s1. The Morgan fingerprint density at radius 3 is 2.65 bits per heavy atom. The number of ether oxygens (including phenoxy) is 1. The number of hydrogen-bond acceptors (Lipinski definition) is 9. The van der Waals surface area contributed by atoms with Crippen LogP contribution < -0.4 is 20.7 Å². The molecule has 5 heterocycles. The predicted molar refractivity (Wildman–Crippen MR) is 151 cm³/mol. The van der Waals surface area contributed by atoms with E-state index in [9.17, 15) is 8.78 Å². The maximum absolute atomic E-state index is 16.6. The number of likely N-dealkylation sites (N-methyl/N-ethyl adjacent to an activating group) is 1. The van der Waals surface area contributed by atoms with Crippen LogP contribution >= 0.6 is 22.9 Å². The van der Waals surface area contributed by atoms with Gasteiger partial charge in [0.15, 0.2) is 10.9 Å². The lowest BCUT2D eigenvalue weighted by atomic mass is 10.0. The van der Waals surface area contributed by atoms with Crippen LogP contribution in [0.5, 0.6) is 6.01 Å². The molecular weight excluding hydrogens is 563 g/mol. The highest BCUT2D eigenvalue weighted by molar-refractivity contribution is 7.22. The van der Waals surface area contributed by atoms with Crippen molar-refractivity contribution in [3.63, 3.8) is 0 Å². The van der Waals surface area contributed by atoms with E-state index in [4.69, 9.17) is 27.1 Å². The molecule has 3 aliphatic heterocycles. The number of halogens is 4. The molecule has 2 aromatic heterocycles. The van der Waals surface area contributed by atoms with Crippen molar-refractivity contribution < 1.29 is 17.9 Å². The summed E-state index contributed by atoms with van der Waals surface area (Å²) in [6.07, 6.45) is 1.40. The second-order valence-electron chi connectivity index (χ2n) is 10.8. The van der Waals surface area contributed by atoms with Crippen LogP contribution in [0.25, 0.3) is 32.2 Å². The molecule has 4 aromatic rings. The molecule has 2 unspecified atom stereocenters. The number of aromatic nitrogens is 3. The molecule has 210 valence electrons. The van der Waals surface area contributed by atoms with E-state index in [0.717, 1.165) is 37.3 Å². The Morgan fingerprint density at radius 1 is 1.15 bits per heavy atom. The number of alkyl halides is 1. The molecule has 4 atom stereocenters. The third-order valence-corrected chi connectivity index (χ3v) is 9.48. The molecule has 7 rings (SSSR count). The van der Waals surface area contributed by atoms with Gasteiger partial charge in [-0.25, -0.2) is 18.2 Å². The van der Waals surface area contributed by atoms with Crippen molar-refractivity contribution in [2.75, 3.05) is 43.9 Å². The largest absolute Gasteiger partial charge is 0.462 e. The van der Waals surface area contributed by atoms with E-state index in [-0.39, 0.29) is 62.2 Å². The number of fused-ring (bicyclic) bond motifs is 4. The Kier molecular flexibility index (Phi) is 6.41. The minimum atomic E-state index is -0.919. The van der Waals surface area contributed by atoms with Gasteiger partial charge in [0, 0.05) is 54.3 Å². The molecular formula is C27H27ClF3N7OS. The molecule has 8 nitrogen and oxygen atoms in total. The van der Waals surface area contributed by atoms with Crippen LogP contribution in [0.2, 0.25) is 5.02 Å². The number of nitrogens with zero attached hydrogens (tertiary/aromatic N) is 5. The second kappa shape index (κ2) is 9.86. The molecule has 0 radical (unpaired) electrons. The van der Waals surface area contributed by atoms with Gasteiger partial charge in [0.2, 0.25) is 0 Å². The van der Waals surface area contributed by atoms with Crippen LogP contribution in [0.4, 0.5) is 24.1 Å². The van der Waals surface area contributed by atoms with E-state index in [1.165, 1.54) is 12.1 Å². The number of benzene rings is 2. The van der Waals surface area contributed by atoms with Crippen LogP contribution in [-0.4, -0.2) is 77.4 Å². The number of nitrogens with two attached hydrogens (primary N) is 1. The Labute approximate surface area is 237 Å². The van der Waals surface area contributed by atoms with Crippen molar-refractivity contribution in [2.24, 2.45) is 0 Å². The molecule has 3 fully saturated rings. The topological polar surface area (TPSA) is 92.4 Å². The van der Waals surface area contributed by atoms with Gasteiger partial charge >= 0.3 is 6.01 Å². The molecule has 0 amide bonds. The highest BCUT2D eigenvalue weighted by Gasteiger charge is 2.39. The fraction of sp³-hybridized carbons (Fsp3) is 0.444. The van der Waals surface area contributed by atoms with Gasteiger partial charge in [-0.15, -0.1) is 0 Å². The summed E-state index contributed by atoms with van der Waals surface area (Å²) >= 11 is 7.75. The number of likely N-dealkylation sites (tertiary alicyclic amines) is 1. The summed E-state index contributed by atoms with van der Waals surface area (Å²) in [4.78, 5) is 17.7. The number of nitrogens with one attached hydrogen (secondary N) is 1. The molecule has 3 N–H and O–H groups in total. The van der Waals surface area contributed by atoms with Crippen LogP contribution in [0.15, 0.2) is 18.2 Å². The van der Waals surface area contributed by atoms with E-state index < -0.39 is 17.8 Å². The highest BCUT2D eigenvalue weighted by Crippen LogP contribution is 2.44. The Hall–Kier alpha value is -2.93. The number of thiazole rings is 1. The van der Waals surface area contributed by atoms with Crippen LogP contribution in [0.3, 0.4) is 0 Å². The van der Waals surface area contributed by atoms with Gasteiger partial charge < -0.3 is 20.7 Å². The minimum absolute atomic E-state index is 0.0190. The first-order valence-electron chi connectivity index (χ1n) is 13.3. The Bertz CT molecular complexity index is 1620. The van der Waals surface area contributed by atoms with Gasteiger partial charge in [-0.05, 0) is 44.5 Å². The van der Waals surface area contributed by atoms with E-state index >= 15 is 4.39 Å². The smallest absolute Gasteiger partial charge is 0.319 e. The van der Waals surface area contributed by atoms with E-state index in [2.05, 4.69) is 20.2 Å². The van der Waals surface area contributed by atoms with Gasteiger partial charge in [0.05, 0.1) is 15.2 Å². The van der Waals surface area contributed by atoms with Gasteiger partial charge in [0.1, 0.15) is 29.9 Å². The second-order valence-corrected chi connectivity index (χ2v) is 12.2. The van der Waals surface area contributed by atoms with Crippen LogP contribution in [-0.2, 0) is 0 Å². The zero-order valence-corrected chi connectivity index (χ0v) is 23.2. The van der Waals surface area contributed by atoms with Crippen LogP contribution in [0.1, 0.15) is 19.3 Å². The van der Waals surface area contributed by atoms with Crippen molar-refractivity contribution in [1.29, 1.82) is 0 Å². The van der Waals surface area contributed by atoms with Crippen LogP contribution in [0, 0.1) is 11.6 Å². The van der Waals surface area contributed by atoms with E-state index in [1.807, 2.05) is 11.9 Å². The Balaban J connectivity index is 1.39. The van der Waals surface area contributed by atoms with Crippen molar-refractivity contribution in [3.05, 3.63) is 34.9 Å². The number of hydrogen-bond donors (Lipinski definition) is 2. The first-order chi connectivity index (χ1) is 19.3. The molecule has 0 saturated carbocycles. The molecule has 3 saturated heterocycles. The quantitative estimate of drug-likeness (QED) is 0.344. The van der Waals surface area contributed by atoms with Gasteiger partial charge in [-0.3, -0.25) is 4.90 Å². The summed E-state index contributed by atoms with van der Waals surface area (Å²) in [7, 11) is 1.85. The first kappa shape index (κ1) is 26.0.